The maximum absolute atomic E-state index is 12.2. The first-order valence-electron chi connectivity index (χ1n) is 7.42. The lowest BCUT2D eigenvalue weighted by molar-refractivity contribution is -0.148. The van der Waals surface area contributed by atoms with E-state index in [0.29, 0.717) is 38.8 Å². The molecule has 21 heavy (non-hydrogen) atoms. The van der Waals surface area contributed by atoms with Crippen molar-refractivity contribution < 1.29 is 24.2 Å². The number of nitrogens with one attached hydrogen (secondary N) is 1. The average Bonchev–Trinajstić information content (AvgIpc) is 2.84. The monoisotopic (exact) mass is 300 g/mol. The van der Waals surface area contributed by atoms with Crippen LogP contribution in [0.15, 0.2) is 0 Å². The summed E-state index contributed by atoms with van der Waals surface area (Å²) >= 11 is 0. The van der Waals surface area contributed by atoms with Gasteiger partial charge in [0.1, 0.15) is 5.54 Å². The number of amides is 2. The Morgan fingerprint density at radius 1 is 1.33 bits per heavy atom. The third kappa shape index (κ3) is 4.09. The van der Waals surface area contributed by atoms with Gasteiger partial charge in [0.2, 0.25) is 0 Å². The first kappa shape index (κ1) is 17.3. The summed E-state index contributed by atoms with van der Waals surface area (Å²) in [6, 6.07) is -0.423. The topological polar surface area (TPSA) is 95.9 Å². The second kappa shape index (κ2) is 7.85. The van der Waals surface area contributed by atoms with Crippen molar-refractivity contribution in [2.24, 2.45) is 0 Å². The van der Waals surface area contributed by atoms with Crippen molar-refractivity contribution in [2.75, 3.05) is 19.7 Å². The molecular formula is C14H24N2O5. The molecule has 0 spiro atoms. The highest BCUT2D eigenvalue weighted by Crippen LogP contribution is 2.33. The maximum atomic E-state index is 12.2. The summed E-state index contributed by atoms with van der Waals surface area (Å²) in [5.74, 6) is -1.33. The van der Waals surface area contributed by atoms with E-state index in [9.17, 15) is 19.5 Å². The minimum absolute atomic E-state index is 0.0846. The average molecular weight is 300 g/mol. The van der Waals surface area contributed by atoms with Crippen LogP contribution in [-0.2, 0) is 14.3 Å². The number of urea groups is 1. The van der Waals surface area contributed by atoms with Crippen molar-refractivity contribution in [1.29, 1.82) is 0 Å². The number of ether oxygens (including phenoxy) is 1. The van der Waals surface area contributed by atoms with Gasteiger partial charge >= 0.3 is 18.0 Å². The number of rotatable bonds is 7. The van der Waals surface area contributed by atoms with Gasteiger partial charge in [0.05, 0.1) is 13.0 Å². The number of carboxylic acids is 1. The Bertz CT molecular complexity index is 399. The fourth-order valence-electron chi connectivity index (χ4n) is 2.78. The summed E-state index contributed by atoms with van der Waals surface area (Å²) in [6.45, 7) is 4.50. The van der Waals surface area contributed by atoms with Crippen LogP contribution in [-0.4, -0.2) is 53.2 Å². The minimum Gasteiger partial charge on any atom is -0.479 e. The molecule has 0 radical (unpaired) electrons. The number of carboxylic acid groups (broad SMARTS) is 1. The quantitative estimate of drug-likeness (QED) is 0.692. The number of likely N-dealkylation sites (tertiary alicyclic amines) is 1. The van der Waals surface area contributed by atoms with Crippen LogP contribution in [0, 0.1) is 0 Å². The van der Waals surface area contributed by atoms with Crippen molar-refractivity contribution in [2.45, 2.75) is 51.5 Å². The summed E-state index contributed by atoms with van der Waals surface area (Å²) in [5, 5.41) is 12.1. The molecule has 1 aliphatic heterocycles. The van der Waals surface area contributed by atoms with Crippen LogP contribution in [0.5, 0.6) is 0 Å². The predicted molar refractivity (Wildman–Crippen MR) is 75.9 cm³/mol. The lowest BCUT2D eigenvalue weighted by atomic mass is 9.91. The molecule has 0 bridgehead atoms. The molecule has 1 heterocycles. The summed E-state index contributed by atoms with van der Waals surface area (Å²) in [4.78, 5) is 36.4. The number of esters is 1. The van der Waals surface area contributed by atoms with Crippen molar-refractivity contribution in [3.05, 3.63) is 0 Å². The summed E-state index contributed by atoms with van der Waals surface area (Å²) in [5.41, 5.74) is -1.11. The lowest BCUT2D eigenvalue weighted by Gasteiger charge is -2.34. The van der Waals surface area contributed by atoms with Gasteiger partial charge in [0, 0.05) is 13.1 Å². The van der Waals surface area contributed by atoms with Gasteiger partial charge < -0.3 is 20.1 Å². The van der Waals surface area contributed by atoms with Crippen LogP contribution in [0.4, 0.5) is 4.79 Å². The molecule has 1 atom stereocenters. The Hall–Kier alpha value is -1.79. The normalized spacial score (nSPS) is 21.1. The second-order valence-electron chi connectivity index (χ2n) is 5.13. The maximum Gasteiger partial charge on any atom is 0.329 e. The van der Waals surface area contributed by atoms with Gasteiger partial charge in [-0.25, -0.2) is 9.59 Å². The van der Waals surface area contributed by atoms with Gasteiger partial charge in [-0.05, 0) is 26.2 Å². The van der Waals surface area contributed by atoms with E-state index in [4.69, 9.17) is 4.74 Å². The third-order valence-electron chi connectivity index (χ3n) is 3.71. The molecule has 120 valence electrons. The van der Waals surface area contributed by atoms with Gasteiger partial charge in [0.25, 0.3) is 0 Å². The molecule has 7 nitrogen and oxygen atoms in total. The fraction of sp³-hybridized carbons (Fsp3) is 0.786. The highest BCUT2D eigenvalue weighted by molar-refractivity contribution is 5.87. The van der Waals surface area contributed by atoms with E-state index in [1.165, 1.54) is 4.90 Å². The van der Waals surface area contributed by atoms with Gasteiger partial charge in [-0.2, -0.15) is 0 Å². The standard InChI is InChI=1S/C14H24N2O5/c1-3-7-14(12(18)19)8-5-10-16(14)13(20)15-9-6-11(17)21-4-2/h3-10H2,1-2H3,(H,15,20)(H,18,19). The molecule has 1 unspecified atom stereocenters. The molecule has 0 aliphatic carbocycles. The molecule has 0 aromatic carbocycles. The third-order valence-corrected chi connectivity index (χ3v) is 3.71. The number of hydrogen-bond acceptors (Lipinski definition) is 4. The highest BCUT2D eigenvalue weighted by atomic mass is 16.5. The Kier molecular flexibility index (Phi) is 6.45. The molecule has 7 heteroatoms. The van der Waals surface area contributed by atoms with Gasteiger partial charge in [-0.3, -0.25) is 4.79 Å². The summed E-state index contributed by atoms with van der Waals surface area (Å²) in [7, 11) is 0. The SMILES string of the molecule is CCCC1(C(=O)O)CCCN1C(=O)NCCC(=O)OCC. The Labute approximate surface area is 124 Å². The molecule has 0 aromatic heterocycles. The molecule has 1 saturated heterocycles. The van der Waals surface area contributed by atoms with Crippen LogP contribution < -0.4 is 5.32 Å². The Morgan fingerprint density at radius 3 is 2.62 bits per heavy atom. The van der Waals surface area contributed by atoms with Crippen LogP contribution in [0.2, 0.25) is 0 Å². The van der Waals surface area contributed by atoms with Crippen LogP contribution in [0.25, 0.3) is 0 Å². The van der Waals surface area contributed by atoms with E-state index in [1.807, 2.05) is 6.92 Å². The molecule has 0 aromatic rings. The van der Waals surface area contributed by atoms with Crippen molar-refractivity contribution in [3.63, 3.8) is 0 Å². The first-order valence-corrected chi connectivity index (χ1v) is 7.42. The molecule has 1 rings (SSSR count). The number of carbonyl (C=O) groups excluding carboxylic acids is 2. The van der Waals surface area contributed by atoms with Crippen LogP contribution in [0.3, 0.4) is 0 Å². The Morgan fingerprint density at radius 2 is 2.05 bits per heavy atom. The molecule has 1 aliphatic rings. The molecule has 0 saturated carbocycles. The van der Waals surface area contributed by atoms with E-state index < -0.39 is 17.5 Å². The molecule has 2 amide bonds. The van der Waals surface area contributed by atoms with E-state index in [1.54, 1.807) is 6.92 Å². The zero-order valence-corrected chi connectivity index (χ0v) is 12.7. The highest BCUT2D eigenvalue weighted by Gasteiger charge is 2.49. The van der Waals surface area contributed by atoms with E-state index in [2.05, 4.69) is 5.32 Å². The first-order chi connectivity index (χ1) is 9.97. The van der Waals surface area contributed by atoms with E-state index in [-0.39, 0.29) is 18.9 Å². The Balaban J connectivity index is 2.59. The van der Waals surface area contributed by atoms with E-state index in [0.717, 1.165) is 0 Å². The van der Waals surface area contributed by atoms with Crippen molar-refractivity contribution in [1.82, 2.24) is 10.2 Å². The zero-order chi connectivity index (χ0) is 15.9. The molecule has 2 N–H and O–H groups in total. The number of nitrogens with zero attached hydrogens (tertiary/aromatic N) is 1. The predicted octanol–water partition coefficient (Wildman–Crippen LogP) is 1.37. The van der Waals surface area contributed by atoms with Crippen LogP contribution >= 0.6 is 0 Å². The summed E-state index contributed by atoms with van der Waals surface area (Å²) in [6.07, 6.45) is 2.37. The fourth-order valence-corrected chi connectivity index (χ4v) is 2.78. The molecule has 1 fully saturated rings. The van der Waals surface area contributed by atoms with Gasteiger partial charge in [0.15, 0.2) is 0 Å². The van der Waals surface area contributed by atoms with Crippen molar-refractivity contribution in [3.8, 4) is 0 Å². The molecular weight excluding hydrogens is 276 g/mol. The van der Waals surface area contributed by atoms with Gasteiger partial charge in [-0.1, -0.05) is 13.3 Å². The minimum atomic E-state index is -1.11. The lowest BCUT2D eigenvalue weighted by Crippen LogP contribution is -2.56. The van der Waals surface area contributed by atoms with Crippen molar-refractivity contribution >= 4 is 18.0 Å². The van der Waals surface area contributed by atoms with Crippen LogP contribution in [0.1, 0.15) is 46.0 Å². The zero-order valence-electron chi connectivity index (χ0n) is 12.7. The largest absolute Gasteiger partial charge is 0.479 e. The number of hydrogen-bond donors (Lipinski definition) is 2. The summed E-state index contributed by atoms with van der Waals surface area (Å²) < 4.78 is 4.77. The van der Waals surface area contributed by atoms with E-state index >= 15 is 0 Å². The second-order valence-corrected chi connectivity index (χ2v) is 5.13. The van der Waals surface area contributed by atoms with Gasteiger partial charge in [-0.15, -0.1) is 0 Å². The number of aliphatic carboxylic acids is 1. The number of carbonyl (C=O) groups is 3. The smallest absolute Gasteiger partial charge is 0.329 e.